The Bertz CT molecular complexity index is 727. The molecule has 0 amide bonds. The summed E-state index contributed by atoms with van der Waals surface area (Å²) in [5.74, 6) is -0.715. The summed E-state index contributed by atoms with van der Waals surface area (Å²) in [6.45, 7) is -2.33. The number of esters is 1. The minimum atomic E-state index is -3.75. The van der Waals surface area contributed by atoms with Gasteiger partial charge in [0, 0.05) is 11.2 Å². The molecule has 0 radical (unpaired) electrons. The van der Waals surface area contributed by atoms with Crippen molar-refractivity contribution < 1.29 is 23.0 Å². The molecule has 2 rings (SSSR count). The van der Waals surface area contributed by atoms with Crippen molar-refractivity contribution in [3.8, 4) is 5.75 Å². The SMILES string of the molecule is C[C@H](NP(=O)(Cl)Oc1ccccc1)C(=O)OCc1ccc(F)cc1. The van der Waals surface area contributed by atoms with Crippen LogP contribution < -0.4 is 9.61 Å². The average molecular weight is 372 g/mol. The molecule has 1 N–H and O–H groups in total. The van der Waals surface area contributed by atoms with Gasteiger partial charge in [0.15, 0.2) is 0 Å². The molecule has 5 nitrogen and oxygen atoms in total. The van der Waals surface area contributed by atoms with E-state index in [4.69, 9.17) is 20.5 Å². The summed E-state index contributed by atoms with van der Waals surface area (Å²) in [6, 6.07) is 13.0. The molecule has 0 saturated carbocycles. The van der Waals surface area contributed by atoms with E-state index in [1.807, 2.05) is 0 Å². The Morgan fingerprint density at radius 3 is 2.46 bits per heavy atom. The zero-order valence-electron chi connectivity index (χ0n) is 12.8. The Morgan fingerprint density at radius 1 is 1.21 bits per heavy atom. The molecule has 0 aliphatic heterocycles. The Hall–Kier alpha value is -1.88. The molecule has 0 saturated heterocycles. The number of nitrogens with one attached hydrogen (secondary N) is 1. The Kier molecular flexibility index (Phi) is 6.37. The van der Waals surface area contributed by atoms with Crippen molar-refractivity contribution in [3.63, 3.8) is 0 Å². The second kappa shape index (κ2) is 8.29. The van der Waals surface area contributed by atoms with Crippen molar-refractivity contribution in [2.45, 2.75) is 19.6 Å². The molecule has 0 bridgehead atoms. The van der Waals surface area contributed by atoms with Crippen LogP contribution in [0.15, 0.2) is 54.6 Å². The summed E-state index contributed by atoms with van der Waals surface area (Å²) < 4.78 is 35.2. The van der Waals surface area contributed by atoms with Crippen molar-refractivity contribution in [2.24, 2.45) is 0 Å². The van der Waals surface area contributed by atoms with Crippen LogP contribution in [0.1, 0.15) is 12.5 Å². The fourth-order valence-electron chi connectivity index (χ4n) is 1.79. The van der Waals surface area contributed by atoms with Gasteiger partial charge in [0.25, 0.3) is 0 Å². The number of ether oxygens (including phenoxy) is 1. The van der Waals surface area contributed by atoms with Crippen LogP contribution in [0, 0.1) is 5.82 Å². The minimum absolute atomic E-state index is 0.0305. The normalized spacial score (nSPS) is 14.5. The topological polar surface area (TPSA) is 64.6 Å². The molecule has 0 fully saturated rings. The van der Waals surface area contributed by atoms with Crippen molar-refractivity contribution in [1.29, 1.82) is 0 Å². The summed E-state index contributed by atoms with van der Waals surface area (Å²) in [4.78, 5) is 11.9. The third-order valence-corrected chi connectivity index (χ3v) is 4.60. The van der Waals surface area contributed by atoms with Gasteiger partial charge >= 0.3 is 12.8 Å². The van der Waals surface area contributed by atoms with Gasteiger partial charge in [-0.1, -0.05) is 30.3 Å². The molecule has 0 aliphatic carbocycles. The third-order valence-electron chi connectivity index (χ3n) is 2.96. The van der Waals surface area contributed by atoms with Crippen LogP contribution in [0.2, 0.25) is 0 Å². The standard InChI is InChI=1S/C16H16ClFNO4P/c1-12(16(20)22-11-13-7-9-14(18)10-8-13)19-24(17,21)23-15-5-3-2-4-6-15/h2-10,12H,11H2,1H3,(H,19,21)/t12-,24?/m0/s1. The monoisotopic (exact) mass is 371 g/mol. The lowest BCUT2D eigenvalue weighted by Crippen LogP contribution is -2.33. The fourth-order valence-corrected chi connectivity index (χ4v) is 3.48. The van der Waals surface area contributed by atoms with Crippen molar-refractivity contribution in [3.05, 3.63) is 66.0 Å². The number of carbonyl (C=O) groups excluding carboxylic acids is 1. The average Bonchev–Trinajstić information content (AvgIpc) is 2.54. The number of benzene rings is 2. The summed E-state index contributed by atoms with van der Waals surface area (Å²) in [6.07, 6.45) is 0. The van der Waals surface area contributed by atoms with Gasteiger partial charge in [0.2, 0.25) is 0 Å². The maximum Gasteiger partial charge on any atom is 0.409 e. The van der Waals surface area contributed by atoms with Crippen LogP contribution in [0.3, 0.4) is 0 Å². The molecule has 0 spiro atoms. The van der Waals surface area contributed by atoms with Gasteiger partial charge in [-0.2, -0.15) is 0 Å². The number of carbonyl (C=O) groups is 1. The highest BCUT2D eigenvalue weighted by Gasteiger charge is 2.28. The molecule has 128 valence electrons. The predicted molar refractivity (Wildman–Crippen MR) is 89.3 cm³/mol. The van der Waals surface area contributed by atoms with E-state index in [1.165, 1.54) is 31.2 Å². The van der Waals surface area contributed by atoms with E-state index in [2.05, 4.69) is 5.09 Å². The maximum atomic E-state index is 12.8. The summed E-state index contributed by atoms with van der Waals surface area (Å²) in [5.41, 5.74) is 0.631. The molecular formula is C16H16ClFNO4P. The summed E-state index contributed by atoms with van der Waals surface area (Å²) in [7, 11) is 0. The smallest absolute Gasteiger partial charge is 0.409 e. The van der Waals surface area contributed by atoms with Crippen LogP contribution >= 0.6 is 18.1 Å². The molecule has 2 aromatic rings. The van der Waals surface area contributed by atoms with Gasteiger partial charge in [-0.15, -0.1) is 0 Å². The second-order valence-electron chi connectivity index (χ2n) is 4.97. The van der Waals surface area contributed by atoms with Crippen molar-refractivity contribution >= 4 is 24.1 Å². The molecule has 0 aromatic heterocycles. The first-order valence-corrected chi connectivity index (χ1v) is 9.62. The van der Waals surface area contributed by atoms with Crippen molar-refractivity contribution in [2.75, 3.05) is 0 Å². The van der Waals surface area contributed by atoms with Crippen LogP contribution in [0.4, 0.5) is 4.39 Å². The fraction of sp³-hybridized carbons (Fsp3) is 0.188. The lowest BCUT2D eigenvalue weighted by Gasteiger charge is -2.18. The van der Waals surface area contributed by atoms with Gasteiger partial charge in [0.1, 0.15) is 24.2 Å². The molecule has 24 heavy (non-hydrogen) atoms. The van der Waals surface area contributed by atoms with Crippen LogP contribution in [0.25, 0.3) is 0 Å². The zero-order chi connectivity index (χ0) is 17.6. The predicted octanol–water partition coefficient (Wildman–Crippen LogP) is 4.27. The van der Waals surface area contributed by atoms with Crippen LogP contribution in [-0.2, 0) is 20.7 Å². The van der Waals surface area contributed by atoms with E-state index in [-0.39, 0.29) is 12.4 Å². The largest absolute Gasteiger partial charge is 0.460 e. The van der Waals surface area contributed by atoms with Gasteiger partial charge in [-0.25, -0.2) is 14.0 Å². The molecule has 0 aliphatic rings. The van der Waals surface area contributed by atoms with Gasteiger partial charge in [0.05, 0.1) is 0 Å². The highest BCUT2D eigenvalue weighted by molar-refractivity contribution is 7.84. The number of para-hydroxylation sites is 1. The van der Waals surface area contributed by atoms with Gasteiger partial charge in [-0.05, 0) is 36.8 Å². The van der Waals surface area contributed by atoms with Gasteiger partial charge < -0.3 is 9.26 Å². The van der Waals surface area contributed by atoms with E-state index >= 15 is 0 Å². The van der Waals surface area contributed by atoms with E-state index in [9.17, 15) is 13.8 Å². The minimum Gasteiger partial charge on any atom is -0.460 e. The zero-order valence-corrected chi connectivity index (χ0v) is 14.5. The van der Waals surface area contributed by atoms with Crippen LogP contribution in [-0.4, -0.2) is 12.0 Å². The molecular weight excluding hydrogens is 356 g/mol. The van der Waals surface area contributed by atoms with E-state index in [0.717, 1.165) is 0 Å². The van der Waals surface area contributed by atoms with Gasteiger partial charge in [-0.3, -0.25) is 4.79 Å². The highest BCUT2D eigenvalue weighted by Crippen LogP contribution is 2.48. The summed E-state index contributed by atoms with van der Waals surface area (Å²) >= 11 is 5.82. The molecule has 8 heteroatoms. The molecule has 0 heterocycles. The Labute approximate surface area is 144 Å². The lowest BCUT2D eigenvalue weighted by molar-refractivity contribution is -0.146. The number of rotatable bonds is 7. The quantitative estimate of drug-likeness (QED) is 0.581. The van der Waals surface area contributed by atoms with Crippen LogP contribution in [0.5, 0.6) is 5.75 Å². The number of hydrogen-bond acceptors (Lipinski definition) is 4. The van der Waals surface area contributed by atoms with E-state index in [0.29, 0.717) is 11.3 Å². The first kappa shape index (κ1) is 18.5. The maximum absolute atomic E-state index is 12.8. The van der Waals surface area contributed by atoms with Crippen molar-refractivity contribution in [1.82, 2.24) is 5.09 Å². The number of halogens is 2. The Balaban J connectivity index is 1.86. The molecule has 2 atom stereocenters. The Morgan fingerprint density at radius 2 is 1.83 bits per heavy atom. The molecule has 1 unspecified atom stereocenters. The first-order chi connectivity index (χ1) is 11.4. The first-order valence-electron chi connectivity index (χ1n) is 7.09. The molecule has 2 aromatic carbocycles. The number of hydrogen-bond donors (Lipinski definition) is 1. The summed E-state index contributed by atoms with van der Waals surface area (Å²) in [5, 5.41) is 2.41. The third kappa shape index (κ3) is 5.96. The lowest BCUT2D eigenvalue weighted by atomic mass is 10.2. The highest BCUT2D eigenvalue weighted by atomic mass is 35.7. The van der Waals surface area contributed by atoms with E-state index in [1.54, 1.807) is 30.3 Å². The second-order valence-corrected chi connectivity index (χ2v) is 7.70. The van der Waals surface area contributed by atoms with E-state index < -0.39 is 18.9 Å².